The summed E-state index contributed by atoms with van der Waals surface area (Å²) in [6.45, 7) is 2.24. The average Bonchev–Trinajstić information content (AvgIpc) is 3.17. The second kappa shape index (κ2) is 8.06. The van der Waals surface area contributed by atoms with Crippen LogP contribution in [0.2, 0.25) is 0 Å². The molecule has 1 aliphatic heterocycles. The molecule has 2 aromatic carbocycles. The van der Waals surface area contributed by atoms with Gasteiger partial charge in [-0.3, -0.25) is 0 Å². The molecule has 0 bridgehead atoms. The molecule has 1 N–H and O–H groups in total. The third-order valence-electron chi connectivity index (χ3n) is 5.08. The molecule has 148 valence electrons. The van der Waals surface area contributed by atoms with Crippen LogP contribution in [-0.4, -0.2) is 40.1 Å². The van der Waals surface area contributed by atoms with Crippen molar-refractivity contribution >= 4 is 36.7 Å². The smallest absolute Gasteiger partial charge is 0.240 e. The highest BCUT2D eigenvalue weighted by atomic mass is 32.2. The molecular formula is C20H23N3O3S2. The number of anilines is 1. The summed E-state index contributed by atoms with van der Waals surface area (Å²) in [6.07, 6.45) is 1.88. The van der Waals surface area contributed by atoms with E-state index in [0.29, 0.717) is 18.2 Å². The summed E-state index contributed by atoms with van der Waals surface area (Å²) >= 11 is 1.71. The van der Waals surface area contributed by atoms with E-state index in [4.69, 9.17) is 9.72 Å². The number of rotatable bonds is 6. The van der Waals surface area contributed by atoms with Gasteiger partial charge in [-0.05, 0) is 43.0 Å². The lowest BCUT2D eigenvalue weighted by Crippen LogP contribution is -2.38. The minimum Gasteiger partial charge on any atom is -0.497 e. The van der Waals surface area contributed by atoms with Crippen molar-refractivity contribution in [2.24, 2.45) is 5.92 Å². The maximum absolute atomic E-state index is 12.5. The van der Waals surface area contributed by atoms with Crippen molar-refractivity contribution in [1.82, 2.24) is 9.71 Å². The first-order valence-electron chi connectivity index (χ1n) is 9.29. The number of piperidine rings is 1. The van der Waals surface area contributed by atoms with Crippen LogP contribution in [0.1, 0.15) is 12.8 Å². The van der Waals surface area contributed by atoms with E-state index in [0.717, 1.165) is 36.6 Å². The minimum absolute atomic E-state index is 0.235. The molecule has 1 aromatic heterocycles. The van der Waals surface area contributed by atoms with Gasteiger partial charge < -0.3 is 9.64 Å². The Morgan fingerprint density at radius 2 is 1.96 bits per heavy atom. The first-order chi connectivity index (χ1) is 13.5. The molecule has 0 amide bonds. The Bertz CT molecular complexity index is 1020. The summed E-state index contributed by atoms with van der Waals surface area (Å²) in [5, 5.41) is 1.05. The number of para-hydroxylation sites is 1. The molecule has 0 atom stereocenters. The van der Waals surface area contributed by atoms with Crippen LogP contribution in [0.5, 0.6) is 5.75 Å². The molecule has 0 unspecified atom stereocenters. The summed E-state index contributed by atoms with van der Waals surface area (Å²) in [5.41, 5.74) is 1.04. The number of thiazole rings is 1. The van der Waals surface area contributed by atoms with Gasteiger partial charge in [-0.15, -0.1) is 0 Å². The van der Waals surface area contributed by atoms with Crippen molar-refractivity contribution in [2.45, 2.75) is 17.7 Å². The summed E-state index contributed by atoms with van der Waals surface area (Å²) in [6, 6.07) is 14.7. The van der Waals surface area contributed by atoms with E-state index in [9.17, 15) is 8.42 Å². The van der Waals surface area contributed by atoms with Gasteiger partial charge in [-0.2, -0.15) is 0 Å². The fraction of sp³-hybridized carbons (Fsp3) is 0.350. The molecule has 28 heavy (non-hydrogen) atoms. The molecule has 2 heterocycles. The summed E-state index contributed by atoms with van der Waals surface area (Å²) in [4.78, 5) is 7.26. The second-order valence-electron chi connectivity index (χ2n) is 6.93. The summed E-state index contributed by atoms with van der Waals surface area (Å²) in [5.74, 6) is 0.859. The predicted octanol–water partition coefficient (Wildman–Crippen LogP) is 3.50. The number of hydrogen-bond acceptors (Lipinski definition) is 6. The quantitative estimate of drug-likeness (QED) is 0.665. The van der Waals surface area contributed by atoms with Crippen molar-refractivity contribution in [3.63, 3.8) is 0 Å². The Labute approximate surface area is 169 Å². The molecule has 0 aliphatic carbocycles. The van der Waals surface area contributed by atoms with Crippen LogP contribution in [0.25, 0.3) is 10.2 Å². The van der Waals surface area contributed by atoms with Gasteiger partial charge in [0.15, 0.2) is 5.13 Å². The molecule has 0 saturated carbocycles. The van der Waals surface area contributed by atoms with Crippen LogP contribution >= 0.6 is 11.3 Å². The maximum atomic E-state index is 12.5. The topological polar surface area (TPSA) is 71.5 Å². The van der Waals surface area contributed by atoms with Gasteiger partial charge in [-0.25, -0.2) is 18.1 Å². The molecule has 8 heteroatoms. The second-order valence-corrected chi connectivity index (χ2v) is 9.70. The molecule has 1 fully saturated rings. The van der Waals surface area contributed by atoms with Crippen LogP contribution in [0.15, 0.2) is 53.4 Å². The highest BCUT2D eigenvalue weighted by molar-refractivity contribution is 7.89. The van der Waals surface area contributed by atoms with Crippen LogP contribution in [-0.2, 0) is 10.0 Å². The molecule has 6 nitrogen and oxygen atoms in total. The van der Waals surface area contributed by atoms with Crippen LogP contribution in [0.4, 0.5) is 5.13 Å². The number of hydrogen-bond donors (Lipinski definition) is 1. The Morgan fingerprint density at radius 1 is 1.18 bits per heavy atom. The number of sulfonamides is 1. The average molecular weight is 418 g/mol. The van der Waals surface area contributed by atoms with Gasteiger partial charge in [0.1, 0.15) is 5.75 Å². The van der Waals surface area contributed by atoms with E-state index >= 15 is 0 Å². The van der Waals surface area contributed by atoms with E-state index in [1.54, 1.807) is 29.5 Å². The molecule has 0 radical (unpaired) electrons. The molecule has 0 spiro atoms. The standard InChI is InChI=1S/C20H23N3O3S2/c1-26-16-5-4-6-17(13-16)28(24,25)21-14-15-9-11-23(12-10-15)20-22-18-7-2-3-8-19(18)27-20/h2-8,13,15,21H,9-12,14H2,1H3. The van der Waals surface area contributed by atoms with E-state index in [-0.39, 0.29) is 4.90 Å². The summed E-state index contributed by atoms with van der Waals surface area (Å²) < 4.78 is 34.2. The molecule has 4 rings (SSSR count). The van der Waals surface area contributed by atoms with Gasteiger partial charge in [0, 0.05) is 25.7 Å². The number of methoxy groups -OCH3 is 1. The zero-order valence-corrected chi connectivity index (χ0v) is 17.3. The minimum atomic E-state index is -3.53. The number of nitrogens with one attached hydrogen (secondary N) is 1. The van der Waals surface area contributed by atoms with E-state index in [2.05, 4.69) is 15.7 Å². The fourth-order valence-corrected chi connectivity index (χ4v) is 5.57. The summed E-state index contributed by atoms with van der Waals surface area (Å²) in [7, 11) is -2.00. The predicted molar refractivity (Wildman–Crippen MR) is 113 cm³/mol. The van der Waals surface area contributed by atoms with Crippen LogP contribution < -0.4 is 14.4 Å². The maximum Gasteiger partial charge on any atom is 0.240 e. The highest BCUT2D eigenvalue weighted by Crippen LogP contribution is 2.31. The lowest BCUT2D eigenvalue weighted by molar-refractivity contribution is 0.401. The van der Waals surface area contributed by atoms with Gasteiger partial charge in [0.25, 0.3) is 0 Å². The van der Waals surface area contributed by atoms with E-state index < -0.39 is 10.0 Å². The van der Waals surface area contributed by atoms with Gasteiger partial charge >= 0.3 is 0 Å². The third kappa shape index (κ3) is 4.14. The SMILES string of the molecule is COc1cccc(S(=O)(=O)NCC2CCN(c3nc4ccccc4s3)CC2)c1. The third-order valence-corrected chi connectivity index (χ3v) is 7.60. The number of benzene rings is 2. The zero-order chi connectivity index (χ0) is 19.6. The van der Waals surface area contributed by atoms with E-state index in [1.165, 1.54) is 17.9 Å². The molecule has 3 aromatic rings. The Balaban J connectivity index is 1.34. The van der Waals surface area contributed by atoms with Gasteiger partial charge in [0.2, 0.25) is 10.0 Å². The van der Waals surface area contributed by atoms with Crippen molar-refractivity contribution < 1.29 is 13.2 Å². The largest absolute Gasteiger partial charge is 0.497 e. The number of ether oxygens (including phenoxy) is 1. The van der Waals surface area contributed by atoms with Gasteiger partial charge in [-0.1, -0.05) is 29.5 Å². The zero-order valence-electron chi connectivity index (χ0n) is 15.7. The van der Waals surface area contributed by atoms with Crippen molar-refractivity contribution in [1.29, 1.82) is 0 Å². The van der Waals surface area contributed by atoms with E-state index in [1.807, 2.05) is 18.2 Å². The Morgan fingerprint density at radius 3 is 2.71 bits per heavy atom. The van der Waals surface area contributed by atoms with Crippen LogP contribution in [0.3, 0.4) is 0 Å². The Kier molecular flexibility index (Phi) is 5.52. The Hall–Kier alpha value is -2.16. The monoisotopic (exact) mass is 417 g/mol. The lowest BCUT2D eigenvalue weighted by Gasteiger charge is -2.31. The lowest BCUT2D eigenvalue weighted by atomic mass is 9.97. The first kappa shape index (κ1) is 19.2. The first-order valence-corrected chi connectivity index (χ1v) is 11.6. The van der Waals surface area contributed by atoms with Crippen molar-refractivity contribution in [2.75, 3.05) is 31.6 Å². The van der Waals surface area contributed by atoms with Crippen LogP contribution in [0, 0.1) is 5.92 Å². The normalized spacial score (nSPS) is 15.8. The van der Waals surface area contributed by atoms with Crippen molar-refractivity contribution in [3.8, 4) is 5.75 Å². The fourth-order valence-electron chi connectivity index (χ4n) is 3.40. The highest BCUT2D eigenvalue weighted by Gasteiger charge is 2.23. The molecule has 1 aliphatic rings. The molecular weight excluding hydrogens is 394 g/mol. The molecule has 1 saturated heterocycles. The van der Waals surface area contributed by atoms with Crippen molar-refractivity contribution in [3.05, 3.63) is 48.5 Å². The number of fused-ring (bicyclic) bond motifs is 1. The van der Waals surface area contributed by atoms with Gasteiger partial charge in [0.05, 0.1) is 22.2 Å². The number of nitrogens with zero attached hydrogens (tertiary/aromatic N) is 2. The number of aromatic nitrogens is 1.